The van der Waals surface area contributed by atoms with Crippen LogP contribution < -0.4 is 14.8 Å². The number of methoxy groups -OCH3 is 1. The Morgan fingerprint density at radius 2 is 1.91 bits per heavy atom. The van der Waals surface area contributed by atoms with E-state index >= 15 is 0 Å². The number of carbonyl (C=O) groups is 1. The Morgan fingerprint density at radius 3 is 2.62 bits per heavy atom. The van der Waals surface area contributed by atoms with Gasteiger partial charge < -0.3 is 14.8 Å². The van der Waals surface area contributed by atoms with Crippen LogP contribution in [0.4, 0.5) is 5.69 Å². The quantitative estimate of drug-likeness (QED) is 0.352. The van der Waals surface area contributed by atoms with Crippen molar-refractivity contribution in [2.75, 3.05) is 12.4 Å². The van der Waals surface area contributed by atoms with Crippen LogP contribution in [0.25, 0.3) is 6.08 Å². The first-order valence-electron chi connectivity index (χ1n) is 9.95. The number of hydrogen-bond donors (Lipinski definition) is 1. The summed E-state index contributed by atoms with van der Waals surface area (Å²) in [6.45, 7) is 4.17. The molecule has 0 atom stereocenters. The van der Waals surface area contributed by atoms with Gasteiger partial charge in [-0.25, -0.2) is 0 Å². The SMILES string of the molecule is COc1cc(/C=C(\C#N)C(=O)Nc2cc(C)ccc2C)ccc1OCc1cccc(Cl)c1. The minimum atomic E-state index is -0.471. The molecule has 0 spiro atoms. The summed E-state index contributed by atoms with van der Waals surface area (Å²) >= 11 is 6.02. The Labute approximate surface area is 192 Å². The van der Waals surface area contributed by atoms with Gasteiger partial charge in [-0.05, 0) is 72.5 Å². The molecule has 0 aliphatic carbocycles. The number of amides is 1. The second-order valence-electron chi connectivity index (χ2n) is 7.27. The number of anilines is 1. The molecule has 0 aromatic heterocycles. The van der Waals surface area contributed by atoms with Gasteiger partial charge in [-0.2, -0.15) is 5.26 Å². The fourth-order valence-corrected chi connectivity index (χ4v) is 3.27. The highest BCUT2D eigenvalue weighted by Crippen LogP contribution is 2.30. The smallest absolute Gasteiger partial charge is 0.266 e. The molecule has 0 heterocycles. The van der Waals surface area contributed by atoms with Crippen molar-refractivity contribution in [2.24, 2.45) is 0 Å². The summed E-state index contributed by atoms with van der Waals surface area (Å²) in [5.74, 6) is 0.567. The van der Waals surface area contributed by atoms with Crippen LogP contribution in [-0.2, 0) is 11.4 Å². The third kappa shape index (κ3) is 5.90. The fourth-order valence-electron chi connectivity index (χ4n) is 3.06. The number of rotatable bonds is 7. The van der Waals surface area contributed by atoms with E-state index in [0.29, 0.717) is 34.4 Å². The van der Waals surface area contributed by atoms with E-state index in [1.54, 1.807) is 24.3 Å². The van der Waals surface area contributed by atoms with Crippen LogP contribution in [0.5, 0.6) is 11.5 Å². The lowest BCUT2D eigenvalue weighted by atomic mass is 10.1. The molecule has 3 rings (SSSR count). The summed E-state index contributed by atoms with van der Waals surface area (Å²) in [5, 5.41) is 13.0. The van der Waals surface area contributed by atoms with Crippen molar-refractivity contribution >= 4 is 29.3 Å². The minimum absolute atomic E-state index is 0.0134. The number of nitriles is 1. The first-order valence-corrected chi connectivity index (χ1v) is 10.3. The molecule has 0 fully saturated rings. The highest BCUT2D eigenvalue weighted by atomic mass is 35.5. The third-order valence-electron chi connectivity index (χ3n) is 4.79. The van der Waals surface area contributed by atoms with Crippen LogP contribution in [-0.4, -0.2) is 13.0 Å². The van der Waals surface area contributed by atoms with E-state index < -0.39 is 5.91 Å². The van der Waals surface area contributed by atoms with Crippen LogP contribution in [0.15, 0.2) is 66.2 Å². The van der Waals surface area contributed by atoms with Crippen LogP contribution >= 0.6 is 11.6 Å². The van der Waals surface area contributed by atoms with Crippen LogP contribution in [0.1, 0.15) is 22.3 Å². The maximum atomic E-state index is 12.7. The lowest BCUT2D eigenvalue weighted by Crippen LogP contribution is -2.14. The molecule has 0 unspecified atom stereocenters. The van der Waals surface area contributed by atoms with E-state index in [1.807, 2.05) is 56.3 Å². The van der Waals surface area contributed by atoms with Crippen molar-refractivity contribution in [3.05, 3.63) is 93.5 Å². The van der Waals surface area contributed by atoms with Crippen LogP contribution in [0.2, 0.25) is 5.02 Å². The van der Waals surface area contributed by atoms with Crippen molar-refractivity contribution in [2.45, 2.75) is 20.5 Å². The van der Waals surface area contributed by atoms with Crippen molar-refractivity contribution in [3.63, 3.8) is 0 Å². The fraction of sp³-hybridized carbons (Fsp3) is 0.154. The molecule has 1 amide bonds. The third-order valence-corrected chi connectivity index (χ3v) is 5.02. The molecule has 1 N–H and O–H groups in total. The zero-order valence-electron chi connectivity index (χ0n) is 18.1. The number of benzene rings is 3. The molecule has 0 saturated heterocycles. The molecule has 0 saturated carbocycles. The molecule has 5 nitrogen and oxygen atoms in total. The molecule has 0 bridgehead atoms. The van der Waals surface area contributed by atoms with Gasteiger partial charge in [0.1, 0.15) is 18.2 Å². The summed E-state index contributed by atoms with van der Waals surface area (Å²) in [6, 6.07) is 20.4. The van der Waals surface area contributed by atoms with Gasteiger partial charge in [0.2, 0.25) is 0 Å². The van der Waals surface area contributed by atoms with Gasteiger partial charge in [-0.15, -0.1) is 0 Å². The van der Waals surface area contributed by atoms with E-state index in [-0.39, 0.29) is 5.57 Å². The van der Waals surface area contributed by atoms with Gasteiger partial charge >= 0.3 is 0 Å². The summed E-state index contributed by atoms with van der Waals surface area (Å²) in [6.07, 6.45) is 1.52. The van der Waals surface area contributed by atoms with Gasteiger partial charge in [0.15, 0.2) is 11.5 Å². The normalized spacial score (nSPS) is 10.9. The van der Waals surface area contributed by atoms with Gasteiger partial charge in [0.25, 0.3) is 5.91 Å². The number of carbonyl (C=O) groups excluding carboxylic acids is 1. The number of ether oxygens (including phenoxy) is 2. The summed E-state index contributed by atoms with van der Waals surface area (Å²) in [4.78, 5) is 12.7. The second-order valence-corrected chi connectivity index (χ2v) is 7.71. The maximum absolute atomic E-state index is 12.7. The molecule has 162 valence electrons. The van der Waals surface area contributed by atoms with Gasteiger partial charge in [0, 0.05) is 10.7 Å². The Hall–Kier alpha value is -3.75. The molecule has 3 aromatic rings. The highest BCUT2D eigenvalue weighted by Gasteiger charge is 2.12. The monoisotopic (exact) mass is 446 g/mol. The number of halogens is 1. The van der Waals surface area contributed by atoms with Crippen molar-refractivity contribution in [1.82, 2.24) is 0 Å². The lowest BCUT2D eigenvalue weighted by molar-refractivity contribution is -0.112. The van der Waals surface area contributed by atoms with E-state index in [1.165, 1.54) is 13.2 Å². The zero-order valence-corrected chi connectivity index (χ0v) is 18.9. The molecule has 0 aliphatic rings. The largest absolute Gasteiger partial charge is 0.493 e. The average Bonchev–Trinajstić information content (AvgIpc) is 2.78. The maximum Gasteiger partial charge on any atom is 0.266 e. The molecule has 0 aliphatic heterocycles. The summed E-state index contributed by atoms with van der Waals surface area (Å²) in [5.41, 5.74) is 4.18. The predicted octanol–water partition coefficient (Wildman–Crippen LogP) is 6.09. The van der Waals surface area contributed by atoms with Crippen LogP contribution in [0, 0.1) is 25.2 Å². The Balaban J connectivity index is 1.77. The number of nitrogens with zero attached hydrogens (tertiary/aromatic N) is 1. The minimum Gasteiger partial charge on any atom is -0.493 e. The molecule has 3 aromatic carbocycles. The number of aryl methyl sites for hydroxylation is 2. The molecule has 6 heteroatoms. The zero-order chi connectivity index (χ0) is 23.1. The molecule has 32 heavy (non-hydrogen) atoms. The Bertz CT molecular complexity index is 1210. The summed E-state index contributed by atoms with van der Waals surface area (Å²) in [7, 11) is 1.54. The van der Waals surface area contributed by atoms with Crippen LogP contribution in [0.3, 0.4) is 0 Å². The van der Waals surface area contributed by atoms with E-state index in [0.717, 1.165) is 16.7 Å². The van der Waals surface area contributed by atoms with E-state index in [9.17, 15) is 10.1 Å². The molecular weight excluding hydrogens is 424 g/mol. The topological polar surface area (TPSA) is 71.3 Å². The first-order chi connectivity index (χ1) is 15.4. The summed E-state index contributed by atoms with van der Waals surface area (Å²) < 4.78 is 11.3. The van der Waals surface area contributed by atoms with Gasteiger partial charge in [-0.1, -0.05) is 41.9 Å². The van der Waals surface area contributed by atoms with Gasteiger partial charge in [-0.3, -0.25) is 4.79 Å². The number of hydrogen-bond acceptors (Lipinski definition) is 4. The number of nitrogens with one attached hydrogen (secondary N) is 1. The van der Waals surface area contributed by atoms with Gasteiger partial charge in [0.05, 0.1) is 7.11 Å². The predicted molar refractivity (Wildman–Crippen MR) is 127 cm³/mol. The van der Waals surface area contributed by atoms with Crippen molar-refractivity contribution in [1.29, 1.82) is 5.26 Å². The van der Waals surface area contributed by atoms with Crippen molar-refractivity contribution in [3.8, 4) is 17.6 Å². The van der Waals surface area contributed by atoms with E-state index in [4.69, 9.17) is 21.1 Å². The van der Waals surface area contributed by atoms with Crippen molar-refractivity contribution < 1.29 is 14.3 Å². The Kier molecular flexibility index (Phi) is 7.54. The average molecular weight is 447 g/mol. The Morgan fingerprint density at radius 1 is 1.09 bits per heavy atom. The standard InChI is InChI=1S/C26H23ClN2O3/c1-17-7-8-18(2)23(11-17)29-26(30)21(15-28)12-19-9-10-24(25(14-19)31-3)32-16-20-5-4-6-22(27)13-20/h4-14H,16H2,1-3H3,(H,29,30)/b21-12+. The first kappa shape index (κ1) is 22.9. The molecular formula is C26H23ClN2O3. The lowest BCUT2D eigenvalue weighted by Gasteiger charge is -2.12. The van der Waals surface area contributed by atoms with E-state index in [2.05, 4.69) is 5.32 Å². The highest BCUT2D eigenvalue weighted by molar-refractivity contribution is 6.30. The second kappa shape index (κ2) is 10.5. The molecule has 0 radical (unpaired) electrons.